The van der Waals surface area contributed by atoms with Crippen molar-refractivity contribution >= 4 is 5.69 Å². The van der Waals surface area contributed by atoms with Gasteiger partial charge in [-0.2, -0.15) is 0 Å². The number of nitrogens with zero attached hydrogens (tertiary/aromatic N) is 1. The highest BCUT2D eigenvalue weighted by molar-refractivity contribution is 5.45. The Morgan fingerprint density at radius 3 is 2.72 bits per heavy atom. The second kappa shape index (κ2) is 4.88. The Kier molecular flexibility index (Phi) is 3.62. The van der Waals surface area contributed by atoms with E-state index in [9.17, 15) is 4.39 Å². The maximum atomic E-state index is 13.2. The first kappa shape index (κ1) is 13.3. The van der Waals surface area contributed by atoms with Crippen molar-refractivity contribution in [2.75, 3.05) is 18.5 Å². The van der Waals surface area contributed by atoms with Gasteiger partial charge in [-0.3, -0.25) is 0 Å². The van der Waals surface area contributed by atoms with E-state index in [2.05, 4.69) is 18.7 Å². The van der Waals surface area contributed by atoms with Gasteiger partial charge >= 0.3 is 0 Å². The summed E-state index contributed by atoms with van der Waals surface area (Å²) in [6.45, 7) is 5.37. The van der Waals surface area contributed by atoms with E-state index in [0.717, 1.165) is 18.7 Å². The van der Waals surface area contributed by atoms with Crippen molar-refractivity contribution in [2.45, 2.75) is 32.7 Å². The highest BCUT2D eigenvalue weighted by Gasteiger charge is 2.39. The van der Waals surface area contributed by atoms with Crippen LogP contribution in [0.25, 0.3) is 0 Å². The van der Waals surface area contributed by atoms with Crippen LogP contribution in [0.3, 0.4) is 0 Å². The van der Waals surface area contributed by atoms with Crippen LogP contribution >= 0.6 is 0 Å². The van der Waals surface area contributed by atoms with Crippen LogP contribution in [0.5, 0.6) is 0 Å². The molecular formula is C15H23FN2. The van der Waals surface area contributed by atoms with Gasteiger partial charge in [0.2, 0.25) is 0 Å². The van der Waals surface area contributed by atoms with Crippen LogP contribution in [0.2, 0.25) is 0 Å². The molecule has 1 aliphatic rings. The van der Waals surface area contributed by atoms with Crippen LogP contribution in [0.15, 0.2) is 24.3 Å². The lowest BCUT2D eigenvalue weighted by Crippen LogP contribution is -2.41. The second-order valence-electron chi connectivity index (χ2n) is 6.17. The van der Waals surface area contributed by atoms with E-state index in [1.165, 1.54) is 12.5 Å². The van der Waals surface area contributed by atoms with E-state index in [0.29, 0.717) is 5.92 Å². The van der Waals surface area contributed by atoms with Crippen LogP contribution < -0.4 is 10.6 Å². The molecule has 18 heavy (non-hydrogen) atoms. The quantitative estimate of drug-likeness (QED) is 0.893. The predicted molar refractivity (Wildman–Crippen MR) is 74.2 cm³/mol. The van der Waals surface area contributed by atoms with E-state index in [4.69, 9.17) is 5.73 Å². The smallest absolute Gasteiger partial charge is 0.125 e. The molecule has 0 saturated heterocycles. The number of anilines is 1. The SMILES string of the molecule is CN(CC1CCC(C)(C)C1N)c1cccc(F)c1. The van der Waals surface area contributed by atoms with Crippen LogP contribution in [-0.2, 0) is 0 Å². The maximum Gasteiger partial charge on any atom is 0.125 e. The van der Waals surface area contributed by atoms with Gasteiger partial charge in [-0.25, -0.2) is 4.39 Å². The largest absolute Gasteiger partial charge is 0.374 e. The van der Waals surface area contributed by atoms with E-state index >= 15 is 0 Å². The maximum absolute atomic E-state index is 13.2. The van der Waals surface area contributed by atoms with Crippen molar-refractivity contribution < 1.29 is 4.39 Å². The molecule has 1 fully saturated rings. The normalized spacial score (nSPS) is 26.3. The predicted octanol–water partition coefficient (Wildman–Crippen LogP) is 3.03. The Labute approximate surface area is 109 Å². The van der Waals surface area contributed by atoms with Crippen molar-refractivity contribution in [1.82, 2.24) is 0 Å². The van der Waals surface area contributed by atoms with Crippen molar-refractivity contribution in [3.8, 4) is 0 Å². The van der Waals surface area contributed by atoms with Gasteiger partial charge in [0.1, 0.15) is 5.82 Å². The van der Waals surface area contributed by atoms with E-state index < -0.39 is 0 Å². The zero-order valence-electron chi connectivity index (χ0n) is 11.5. The number of halogens is 1. The Morgan fingerprint density at radius 2 is 2.17 bits per heavy atom. The Bertz CT molecular complexity index is 417. The van der Waals surface area contributed by atoms with Crippen molar-refractivity contribution in [3.63, 3.8) is 0 Å². The summed E-state index contributed by atoms with van der Waals surface area (Å²) in [5.74, 6) is 0.309. The Balaban J connectivity index is 2.02. The fourth-order valence-corrected chi connectivity index (χ4v) is 2.92. The first-order chi connectivity index (χ1) is 8.40. The molecule has 2 unspecified atom stereocenters. The molecule has 1 aromatic carbocycles. The lowest BCUT2D eigenvalue weighted by Gasteiger charge is -2.30. The third-order valence-electron chi connectivity index (χ3n) is 4.33. The summed E-state index contributed by atoms with van der Waals surface area (Å²) in [6, 6.07) is 6.97. The van der Waals surface area contributed by atoms with Gasteiger partial charge in [-0.1, -0.05) is 19.9 Å². The summed E-state index contributed by atoms with van der Waals surface area (Å²) in [6.07, 6.45) is 2.34. The summed E-state index contributed by atoms with van der Waals surface area (Å²) in [5.41, 5.74) is 7.46. The molecule has 1 aromatic rings. The monoisotopic (exact) mass is 250 g/mol. The fourth-order valence-electron chi connectivity index (χ4n) is 2.92. The molecule has 3 heteroatoms. The molecule has 1 saturated carbocycles. The van der Waals surface area contributed by atoms with Crippen molar-refractivity contribution in [3.05, 3.63) is 30.1 Å². The zero-order valence-corrected chi connectivity index (χ0v) is 11.5. The molecule has 100 valence electrons. The highest BCUT2D eigenvalue weighted by atomic mass is 19.1. The van der Waals surface area contributed by atoms with E-state index in [-0.39, 0.29) is 17.3 Å². The fraction of sp³-hybridized carbons (Fsp3) is 0.600. The number of rotatable bonds is 3. The van der Waals surface area contributed by atoms with Crippen molar-refractivity contribution in [2.24, 2.45) is 17.1 Å². The molecule has 2 atom stereocenters. The average Bonchev–Trinajstić information content (AvgIpc) is 2.56. The number of hydrogen-bond donors (Lipinski definition) is 1. The third kappa shape index (κ3) is 2.66. The van der Waals surface area contributed by atoms with Crippen LogP contribution in [0, 0.1) is 17.2 Å². The molecule has 0 spiro atoms. The molecule has 0 bridgehead atoms. The average molecular weight is 250 g/mol. The molecule has 0 heterocycles. The molecule has 2 N–H and O–H groups in total. The third-order valence-corrected chi connectivity index (χ3v) is 4.33. The van der Waals surface area contributed by atoms with Gasteiger partial charge in [-0.05, 0) is 42.4 Å². The minimum absolute atomic E-state index is 0.185. The lowest BCUT2D eigenvalue weighted by atomic mass is 9.85. The molecule has 0 aliphatic heterocycles. The molecule has 1 aliphatic carbocycles. The van der Waals surface area contributed by atoms with Crippen LogP contribution in [-0.4, -0.2) is 19.6 Å². The lowest BCUT2D eigenvalue weighted by molar-refractivity contribution is 0.301. The van der Waals surface area contributed by atoms with E-state index in [1.807, 2.05) is 13.1 Å². The van der Waals surface area contributed by atoms with Crippen LogP contribution in [0.1, 0.15) is 26.7 Å². The van der Waals surface area contributed by atoms with Gasteiger partial charge in [0, 0.05) is 25.3 Å². The van der Waals surface area contributed by atoms with Crippen molar-refractivity contribution in [1.29, 1.82) is 0 Å². The molecule has 0 radical (unpaired) electrons. The summed E-state index contributed by atoms with van der Waals surface area (Å²) in [4.78, 5) is 2.11. The van der Waals surface area contributed by atoms with E-state index in [1.54, 1.807) is 12.1 Å². The van der Waals surface area contributed by atoms with Crippen LogP contribution in [0.4, 0.5) is 10.1 Å². The zero-order chi connectivity index (χ0) is 13.3. The number of hydrogen-bond acceptors (Lipinski definition) is 2. The Hall–Kier alpha value is -1.09. The Morgan fingerprint density at radius 1 is 1.44 bits per heavy atom. The molecule has 2 nitrogen and oxygen atoms in total. The first-order valence-electron chi connectivity index (χ1n) is 6.62. The molecule has 0 aromatic heterocycles. The first-order valence-corrected chi connectivity index (χ1v) is 6.62. The summed E-state index contributed by atoms with van der Waals surface area (Å²) >= 11 is 0. The number of benzene rings is 1. The van der Waals surface area contributed by atoms with Gasteiger partial charge < -0.3 is 10.6 Å². The number of nitrogens with two attached hydrogens (primary N) is 1. The summed E-state index contributed by atoms with van der Waals surface area (Å²) < 4.78 is 13.2. The molecule has 0 amide bonds. The van der Waals surface area contributed by atoms with Gasteiger partial charge in [-0.15, -0.1) is 0 Å². The minimum atomic E-state index is -0.185. The molecule has 2 rings (SSSR count). The minimum Gasteiger partial charge on any atom is -0.374 e. The topological polar surface area (TPSA) is 29.3 Å². The van der Waals surface area contributed by atoms with Gasteiger partial charge in [0.25, 0.3) is 0 Å². The van der Waals surface area contributed by atoms with Gasteiger partial charge in [0.15, 0.2) is 0 Å². The second-order valence-corrected chi connectivity index (χ2v) is 6.17. The summed E-state index contributed by atoms with van der Waals surface area (Å²) in [7, 11) is 2.01. The van der Waals surface area contributed by atoms with Gasteiger partial charge in [0.05, 0.1) is 0 Å². The highest BCUT2D eigenvalue weighted by Crippen LogP contribution is 2.40. The summed E-state index contributed by atoms with van der Waals surface area (Å²) in [5, 5.41) is 0. The standard InChI is InChI=1S/C15H23FN2/c1-15(2)8-7-11(14(15)17)10-18(3)13-6-4-5-12(16)9-13/h4-6,9,11,14H,7-8,10,17H2,1-3H3. The molecular weight excluding hydrogens is 227 g/mol.